The average Bonchev–Trinajstić information content (AvgIpc) is 3.01. The van der Waals surface area contributed by atoms with Gasteiger partial charge in [-0.25, -0.2) is 9.48 Å². The molecular weight excluding hydrogens is 250 g/mol. The molecular formula is C11H15N5O3. The summed E-state index contributed by atoms with van der Waals surface area (Å²) < 4.78 is 11.8. The first kappa shape index (κ1) is 13.1. The topological polar surface area (TPSA) is 94.2 Å². The Hall–Kier alpha value is -2.35. The maximum Gasteiger partial charge on any atom is 0.322 e. The first-order chi connectivity index (χ1) is 9.20. The largest absolute Gasteiger partial charge is 0.467 e. The lowest BCUT2D eigenvalue weighted by atomic mass is 10.2. The molecule has 0 unspecified atom stereocenters. The molecule has 2 heterocycles. The third kappa shape index (κ3) is 3.32. The van der Waals surface area contributed by atoms with Crippen LogP contribution in [0.4, 0.5) is 10.7 Å². The first-order valence-electron chi connectivity index (χ1n) is 5.64. The minimum absolute atomic E-state index is 0.305. The number of furan rings is 1. The van der Waals surface area contributed by atoms with E-state index in [1.807, 2.05) is 0 Å². The molecule has 19 heavy (non-hydrogen) atoms. The zero-order valence-corrected chi connectivity index (χ0v) is 10.7. The van der Waals surface area contributed by atoms with Gasteiger partial charge in [0, 0.05) is 14.2 Å². The van der Waals surface area contributed by atoms with Gasteiger partial charge < -0.3 is 14.5 Å². The van der Waals surface area contributed by atoms with Gasteiger partial charge in [-0.3, -0.25) is 5.32 Å². The van der Waals surface area contributed by atoms with E-state index in [0.717, 1.165) is 0 Å². The van der Waals surface area contributed by atoms with Crippen molar-refractivity contribution in [1.82, 2.24) is 20.1 Å². The number of nitrogens with one attached hydrogen (secondary N) is 2. The molecule has 0 aliphatic heterocycles. The summed E-state index contributed by atoms with van der Waals surface area (Å²) in [6.45, 7) is 0.305. The van der Waals surface area contributed by atoms with Gasteiger partial charge in [0.05, 0.1) is 12.9 Å². The summed E-state index contributed by atoms with van der Waals surface area (Å²) in [6, 6.07) is 2.75. The molecule has 0 saturated carbocycles. The van der Waals surface area contributed by atoms with Gasteiger partial charge in [0.25, 0.3) is 0 Å². The Morgan fingerprint density at radius 1 is 1.63 bits per heavy atom. The number of anilines is 1. The van der Waals surface area contributed by atoms with Crippen LogP contribution in [0.15, 0.2) is 29.1 Å². The van der Waals surface area contributed by atoms with Crippen LogP contribution in [0.25, 0.3) is 0 Å². The molecule has 2 amide bonds. The molecule has 2 rings (SSSR count). The monoisotopic (exact) mass is 265 g/mol. The smallest absolute Gasteiger partial charge is 0.322 e. The summed E-state index contributed by atoms with van der Waals surface area (Å²) in [4.78, 5) is 15.7. The molecule has 102 valence electrons. The van der Waals surface area contributed by atoms with Crippen molar-refractivity contribution in [1.29, 1.82) is 0 Å². The Bertz CT molecular complexity index is 522. The van der Waals surface area contributed by atoms with E-state index in [4.69, 9.17) is 9.15 Å². The molecule has 0 fully saturated rings. The third-order valence-corrected chi connectivity index (χ3v) is 2.46. The lowest BCUT2D eigenvalue weighted by Crippen LogP contribution is -2.35. The Kier molecular flexibility index (Phi) is 4.14. The molecule has 0 aliphatic carbocycles. The Balaban J connectivity index is 1.97. The lowest BCUT2D eigenvalue weighted by Gasteiger charge is -2.15. The zero-order chi connectivity index (χ0) is 13.7. The van der Waals surface area contributed by atoms with Crippen molar-refractivity contribution in [2.24, 2.45) is 7.05 Å². The van der Waals surface area contributed by atoms with E-state index in [-0.39, 0.29) is 6.04 Å². The predicted octanol–water partition coefficient (Wildman–Crippen LogP) is 0.917. The molecule has 1 atom stereocenters. The molecule has 8 nitrogen and oxygen atoms in total. The molecule has 0 spiro atoms. The molecule has 0 saturated heterocycles. The number of aryl methyl sites for hydroxylation is 1. The van der Waals surface area contributed by atoms with E-state index >= 15 is 0 Å². The zero-order valence-electron chi connectivity index (χ0n) is 10.7. The number of nitrogens with zero attached hydrogens (tertiary/aromatic N) is 3. The molecule has 0 radical (unpaired) electrons. The van der Waals surface area contributed by atoms with Crippen LogP contribution < -0.4 is 10.6 Å². The summed E-state index contributed by atoms with van der Waals surface area (Å²) >= 11 is 0. The van der Waals surface area contributed by atoms with Crippen molar-refractivity contribution in [3.05, 3.63) is 30.5 Å². The normalized spacial score (nSPS) is 12.1. The van der Waals surface area contributed by atoms with Crippen molar-refractivity contribution >= 4 is 12.0 Å². The predicted molar refractivity (Wildman–Crippen MR) is 66.5 cm³/mol. The van der Waals surface area contributed by atoms with Gasteiger partial charge in [0.2, 0.25) is 5.95 Å². The van der Waals surface area contributed by atoms with E-state index in [9.17, 15) is 4.79 Å². The molecule has 8 heteroatoms. The van der Waals surface area contributed by atoms with Gasteiger partial charge in [0.15, 0.2) is 0 Å². The van der Waals surface area contributed by atoms with E-state index in [1.165, 1.54) is 11.0 Å². The van der Waals surface area contributed by atoms with Gasteiger partial charge in [-0.05, 0) is 12.1 Å². The highest BCUT2D eigenvalue weighted by molar-refractivity contribution is 5.87. The average molecular weight is 265 g/mol. The number of aromatic nitrogens is 3. The summed E-state index contributed by atoms with van der Waals surface area (Å²) in [6.07, 6.45) is 2.90. The van der Waals surface area contributed by atoms with Gasteiger partial charge >= 0.3 is 6.03 Å². The van der Waals surface area contributed by atoms with Crippen LogP contribution in [0.5, 0.6) is 0 Å². The fourth-order valence-electron chi connectivity index (χ4n) is 1.56. The number of hydrogen-bond acceptors (Lipinski definition) is 5. The fourth-order valence-corrected chi connectivity index (χ4v) is 1.56. The van der Waals surface area contributed by atoms with Crippen LogP contribution in [0.2, 0.25) is 0 Å². The number of hydrogen-bond donors (Lipinski definition) is 2. The molecule has 0 bridgehead atoms. The quantitative estimate of drug-likeness (QED) is 0.838. The van der Waals surface area contributed by atoms with Crippen molar-refractivity contribution in [2.75, 3.05) is 19.0 Å². The van der Waals surface area contributed by atoms with Crippen molar-refractivity contribution < 1.29 is 13.9 Å². The van der Waals surface area contributed by atoms with E-state index in [2.05, 4.69) is 20.7 Å². The minimum Gasteiger partial charge on any atom is -0.467 e. The standard InChI is InChI=1S/C11H15N5O3/c1-16-10(12-7-13-16)15-11(17)14-8(6-18-2)9-4-3-5-19-9/h3-5,7-8H,6H2,1-2H3,(H2,12,13,14,15,17)/t8-/m0/s1. The number of rotatable bonds is 5. The second-order valence-corrected chi connectivity index (χ2v) is 3.83. The van der Waals surface area contributed by atoms with Gasteiger partial charge in [-0.15, -0.1) is 0 Å². The lowest BCUT2D eigenvalue weighted by molar-refractivity contribution is 0.159. The van der Waals surface area contributed by atoms with Gasteiger partial charge in [-0.1, -0.05) is 0 Å². The number of ether oxygens (including phenoxy) is 1. The summed E-state index contributed by atoms with van der Waals surface area (Å²) in [5.41, 5.74) is 0. The molecule has 0 aliphatic rings. The highest BCUT2D eigenvalue weighted by Crippen LogP contribution is 2.13. The van der Waals surface area contributed by atoms with Gasteiger partial charge in [0.1, 0.15) is 18.1 Å². The second-order valence-electron chi connectivity index (χ2n) is 3.83. The third-order valence-electron chi connectivity index (χ3n) is 2.46. The Morgan fingerprint density at radius 3 is 3.05 bits per heavy atom. The summed E-state index contributed by atoms with van der Waals surface area (Å²) in [5, 5.41) is 9.17. The molecule has 2 N–H and O–H groups in total. The van der Waals surface area contributed by atoms with Crippen molar-refractivity contribution in [2.45, 2.75) is 6.04 Å². The van der Waals surface area contributed by atoms with Crippen LogP contribution in [0, 0.1) is 0 Å². The number of urea groups is 1. The maximum absolute atomic E-state index is 11.8. The van der Waals surface area contributed by atoms with Crippen LogP contribution >= 0.6 is 0 Å². The molecule has 0 aromatic carbocycles. The molecule has 2 aromatic heterocycles. The van der Waals surface area contributed by atoms with E-state index in [0.29, 0.717) is 18.3 Å². The summed E-state index contributed by atoms with van der Waals surface area (Å²) in [5.74, 6) is 0.975. The van der Waals surface area contributed by atoms with Crippen LogP contribution in [0.3, 0.4) is 0 Å². The Morgan fingerprint density at radius 2 is 2.47 bits per heavy atom. The number of carbonyl (C=O) groups is 1. The number of carbonyl (C=O) groups excluding carboxylic acids is 1. The summed E-state index contributed by atoms with van der Waals surface area (Å²) in [7, 11) is 3.24. The van der Waals surface area contributed by atoms with Crippen molar-refractivity contribution in [3.8, 4) is 0 Å². The van der Waals surface area contributed by atoms with Crippen LogP contribution in [-0.4, -0.2) is 34.5 Å². The fraction of sp³-hybridized carbons (Fsp3) is 0.364. The van der Waals surface area contributed by atoms with Crippen molar-refractivity contribution in [3.63, 3.8) is 0 Å². The Labute approximate surface area is 109 Å². The van der Waals surface area contributed by atoms with Crippen LogP contribution in [-0.2, 0) is 11.8 Å². The highest BCUT2D eigenvalue weighted by Gasteiger charge is 2.17. The van der Waals surface area contributed by atoms with E-state index < -0.39 is 6.03 Å². The van der Waals surface area contributed by atoms with Gasteiger partial charge in [-0.2, -0.15) is 10.1 Å². The number of methoxy groups -OCH3 is 1. The second kappa shape index (κ2) is 6.01. The van der Waals surface area contributed by atoms with E-state index in [1.54, 1.807) is 32.6 Å². The number of amides is 2. The first-order valence-corrected chi connectivity index (χ1v) is 5.64. The highest BCUT2D eigenvalue weighted by atomic mass is 16.5. The molecule has 2 aromatic rings. The maximum atomic E-state index is 11.8. The SMILES string of the molecule is COC[C@H](NC(=O)Nc1ncnn1C)c1ccco1. The van der Waals surface area contributed by atoms with Crippen LogP contribution in [0.1, 0.15) is 11.8 Å². The minimum atomic E-state index is -0.408.